The maximum Gasteiger partial charge on any atom is 0.214 e. The molecule has 5 nitrogen and oxygen atoms in total. The highest BCUT2D eigenvalue weighted by atomic mass is 32.2. The van der Waals surface area contributed by atoms with Crippen LogP contribution >= 0.6 is 0 Å². The molecule has 18 heavy (non-hydrogen) atoms. The van der Waals surface area contributed by atoms with Crippen molar-refractivity contribution < 1.29 is 13.2 Å². The van der Waals surface area contributed by atoms with Crippen LogP contribution in [0.4, 0.5) is 0 Å². The molecule has 1 fully saturated rings. The van der Waals surface area contributed by atoms with Crippen molar-refractivity contribution in [1.82, 2.24) is 4.31 Å². The summed E-state index contributed by atoms with van der Waals surface area (Å²) in [5, 5.41) is 0. The molecule has 1 unspecified atom stereocenters. The molecule has 6 heteroatoms. The molecule has 108 valence electrons. The first kappa shape index (κ1) is 15.9. The Morgan fingerprint density at radius 2 is 1.94 bits per heavy atom. The SMILES string of the molecule is CC(C)(C)CS(=O)(=O)N1CC(CN)OC(C)(C)C1. The van der Waals surface area contributed by atoms with Gasteiger partial charge in [-0.25, -0.2) is 8.42 Å². The molecule has 0 radical (unpaired) electrons. The van der Waals surface area contributed by atoms with E-state index in [1.807, 2.05) is 34.6 Å². The fraction of sp³-hybridized carbons (Fsp3) is 1.00. The number of nitrogens with two attached hydrogens (primary N) is 1. The van der Waals surface area contributed by atoms with Crippen LogP contribution in [0.1, 0.15) is 34.6 Å². The number of hydrogen-bond donors (Lipinski definition) is 1. The number of sulfonamides is 1. The van der Waals surface area contributed by atoms with Crippen LogP contribution < -0.4 is 5.73 Å². The third-order valence-corrected chi connectivity index (χ3v) is 5.02. The lowest BCUT2D eigenvalue weighted by atomic mass is 10.0. The first-order valence-electron chi connectivity index (χ1n) is 6.31. The Balaban J connectivity index is 2.88. The van der Waals surface area contributed by atoms with Gasteiger partial charge >= 0.3 is 0 Å². The van der Waals surface area contributed by atoms with Crippen molar-refractivity contribution in [2.45, 2.75) is 46.3 Å². The van der Waals surface area contributed by atoms with Gasteiger partial charge in [-0.1, -0.05) is 20.8 Å². The minimum atomic E-state index is -3.26. The average Bonchev–Trinajstić information content (AvgIpc) is 2.11. The van der Waals surface area contributed by atoms with E-state index in [1.165, 1.54) is 4.31 Å². The van der Waals surface area contributed by atoms with Gasteiger partial charge in [0.2, 0.25) is 10.0 Å². The third kappa shape index (κ3) is 4.50. The lowest BCUT2D eigenvalue weighted by molar-refractivity contribution is -0.112. The molecular weight excluding hydrogens is 252 g/mol. The van der Waals surface area contributed by atoms with Crippen molar-refractivity contribution in [2.24, 2.45) is 11.1 Å². The Morgan fingerprint density at radius 1 is 1.39 bits per heavy atom. The molecule has 0 saturated carbocycles. The van der Waals surface area contributed by atoms with Gasteiger partial charge in [-0.05, 0) is 19.3 Å². The molecule has 1 saturated heterocycles. The summed E-state index contributed by atoms with van der Waals surface area (Å²) in [4.78, 5) is 0. The molecule has 1 aliphatic heterocycles. The first-order valence-corrected chi connectivity index (χ1v) is 7.92. The van der Waals surface area contributed by atoms with Gasteiger partial charge in [0.05, 0.1) is 17.5 Å². The van der Waals surface area contributed by atoms with Crippen molar-refractivity contribution >= 4 is 10.0 Å². The van der Waals surface area contributed by atoms with Gasteiger partial charge < -0.3 is 10.5 Å². The largest absolute Gasteiger partial charge is 0.368 e. The topological polar surface area (TPSA) is 72.6 Å². The van der Waals surface area contributed by atoms with Gasteiger partial charge in [-0.15, -0.1) is 0 Å². The van der Waals surface area contributed by atoms with Crippen molar-refractivity contribution in [3.05, 3.63) is 0 Å². The molecule has 0 aromatic carbocycles. The molecule has 0 aromatic heterocycles. The highest BCUT2D eigenvalue weighted by Gasteiger charge is 2.39. The summed E-state index contributed by atoms with van der Waals surface area (Å²) in [7, 11) is -3.26. The number of nitrogens with zero attached hydrogens (tertiary/aromatic N) is 1. The number of morpholine rings is 1. The molecule has 1 rings (SSSR count). The van der Waals surface area contributed by atoms with E-state index < -0.39 is 15.6 Å². The highest BCUT2D eigenvalue weighted by Crippen LogP contribution is 2.26. The Kier molecular flexibility index (Phi) is 4.48. The molecule has 0 aromatic rings. The van der Waals surface area contributed by atoms with E-state index in [0.717, 1.165) is 0 Å². The van der Waals surface area contributed by atoms with Gasteiger partial charge in [0.15, 0.2) is 0 Å². The summed E-state index contributed by atoms with van der Waals surface area (Å²) in [6.45, 7) is 10.7. The average molecular weight is 278 g/mol. The molecular formula is C12H26N2O3S. The molecule has 1 heterocycles. The van der Waals surface area contributed by atoms with Crippen LogP contribution in [0, 0.1) is 5.41 Å². The number of hydrogen-bond acceptors (Lipinski definition) is 4. The van der Waals surface area contributed by atoms with E-state index in [4.69, 9.17) is 10.5 Å². The highest BCUT2D eigenvalue weighted by molar-refractivity contribution is 7.89. The molecule has 0 bridgehead atoms. The second-order valence-electron chi connectivity index (χ2n) is 6.84. The molecule has 0 aliphatic carbocycles. The Morgan fingerprint density at radius 3 is 2.39 bits per heavy atom. The third-order valence-electron chi connectivity index (χ3n) is 2.72. The lowest BCUT2D eigenvalue weighted by Crippen LogP contribution is -2.57. The fourth-order valence-electron chi connectivity index (χ4n) is 2.22. The standard InChI is InChI=1S/C12H26N2O3S/c1-11(2,3)9-18(15,16)14-7-10(6-13)17-12(4,5)8-14/h10H,6-9,13H2,1-5H3. The van der Waals surface area contributed by atoms with Crippen LogP contribution in [0.2, 0.25) is 0 Å². The summed E-state index contributed by atoms with van der Waals surface area (Å²) in [5.74, 6) is 0.146. The van der Waals surface area contributed by atoms with E-state index in [2.05, 4.69) is 0 Å². The maximum atomic E-state index is 12.4. The van der Waals surface area contributed by atoms with Crippen LogP contribution in [0.15, 0.2) is 0 Å². The van der Waals surface area contributed by atoms with Crippen molar-refractivity contribution in [3.63, 3.8) is 0 Å². The van der Waals surface area contributed by atoms with Crippen LogP contribution in [0.5, 0.6) is 0 Å². The van der Waals surface area contributed by atoms with E-state index in [-0.39, 0.29) is 17.3 Å². The number of rotatable bonds is 3. The zero-order valence-corrected chi connectivity index (χ0v) is 12.9. The van der Waals surface area contributed by atoms with Crippen LogP contribution in [0.25, 0.3) is 0 Å². The quantitative estimate of drug-likeness (QED) is 0.829. The van der Waals surface area contributed by atoms with Crippen molar-refractivity contribution in [3.8, 4) is 0 Å². The van der Waals surface area contributed by atoms with Crippen molar-refractivity contribution in [2.75, 3.05) is 25.4 Å². The monoisotopic (exact) mass is 278 g/mol. The second kappa shape index (κ2) is 5.07. The summed E-state index contributed by atoms with van der Waals surface area (Å²) in [6.07, 6.45) is -0.219. The molecule has 1 atom stereocenters. The Bertz CT molecular complexity index is 385. The lowest BCUT2D eigenvalue weighted by Gasteiger charge is -2.42. The van der Waals surface area contributed by atoms with Crippen LogP contribution in [-0.4, -0.2) is 49.8 Å². The van der Waals surface area contributed by atoms with Crippen LogP contribution in [0.3, 0.4) is 0 Å². The van der Waals surface area contributed by atoms with Gasteiger partial charge in [0, 0.05) is 19.6 Å². The van der Waals surface area contributed by atoms with E-state index >= 15 is 0 Å². The maximum absolute atomic E-state index is 12.4. The van der Waals surface area contributed by atoms with Gasteiger partial charge in [0.25, 0.3) is 0 Å². The summed E-state index contributed by atoms with van der Waals surface area (Å²) in [5.41, 5.74) is 4.88. The van der Waals surface area contributed by atoms with Crippen LogP contribution in [-0.2, 0) is 14.8 Å². The fourth-order valence-corrected chi connectivity index (χ4v) is 4.39. The van der Waals surface area contributed by atoms with Gasteiger partial charge in [0.1, 0.15) is 0 Å². The smallest absolute Gasteiger partial charge is 0.214 e. The zero-order valence-electron chi connectivity index (χ0n) is 12.1. The summed E-state index contributed by atoms with van der Waals surface area (Å²) in [6, 6.07) is 0. The first-order chi connectivity index (χ1) is 7.95. The molecule has 2 N–H and O–H groups in total. The zero-order chi connectivity index (χ0) is 14.2. The number of ether oxygens (including phenoxy) is 1. The minimum Gasteiger partial charge on any atom is -0.368 e. The van der Waals surface area contributed by atoms with E-state index in [0.29, 0.717) is 19.6 Å². The predicted molar refractivity (Wildman–Crippen MR) is 72.8 cm³/mol. The second-order valence-corrected chi connectivity index (χ2v) is 8.81. The Labute approximate surface area is 111 Å². The molecule has 0 amide bonds. The van der Waals surface area contributed by atoms with E-state index in [9.17, 15) is 8.42 Å². The Hall–Kier alpha value is -0.170. The molecule has 0 spiro atoms. The summed E-state index contributed by atoms with van der Waals surface area (Å²) >= 11 is 0. The van der Waals surface area contributed by atoms with Crippen molar-refractivity contribution in [1.29, 1.82) is 0 Å². The minimum absolute atomic E-state index is 0.146. The van der Waals surface area contributed by atoms with Gasteiger partial charge in [-0.2, -0.15) is 4.31 Å². The van der Waals surface area contributed by atoms with E-state index in [1.54, 1.807) is 0 Å². The molecule has 1 aliphatic rings. The summed E-state index contributed by atoms with van der Waals surface area (Å²) < 4.78 is 32.0. The predicted octanol–water partition coefficient (Wildman–Crippen LogP) is 0.800. The normalized spacial score (nSPS) is 26.2. The van der Waals surface area contributed by atoms with Gasteiger partial charge in [-0.3, -0.25) is 0 Å².